The Morgan fingerprint density at radius 3 is 2.75 bits per heavy atom. The Morgan fingerprint density at radius 1 is 1.38 bits per heavy atom. The van der Waals surface area contributed by atoms with E-state index < -0.39 is 5.54 Å². The van der Waals surface area contributed by atoms with Gasteiger partial charge in [0.2, 0.25) is 0 Å². The second-order valence-corrected chi connectivity index (χ2v) is 5.06. The number of rotatable bonds is 1. The lowest BCUT2D eigenvalue weighted by Gasteiger charge is -2.30. The minimum absolute atomic E-state index is 0.402. The van der Waals surface area contributed by atoms with Gasteiger partial charge in [-0.15, -0.1) is 0 Å². The molecule has 1 atom stereocenters. The zero-order valence-electron chi connectivity index (χ0n) is 9.03. The monoisotopic (exact) mass is 283 g/mol. The molecular weight excluding hydrogens is 270 g/mol. The Balaban J connectivity index is 2.46. The summed E-state index contributed by atoms with van der Waals surface area (Å²) >= 11 is 3.42. The Labute approximate surface area is 103 Å². The van der Waals surface area contributed by atoms with Crippen molar-refractivity contribution in [1.82, 2.24) is 0 Å². The Bertz CT molecular complexity index is 427. The molecular formula is C11H14BrN3O. The van der Waals surface area contributed by atoms with Crippen LogP contribution in [0.5, 0.6) is 0 Å². The van der Waals surface area contributed by atoms with Gasteiger partial charge >= 0.3 is 0 Å². The number of amidine groups is 1. The molecule has 0 aromatic heterocycles. The molecule has 1 aromatic rings. The van der Waals surface area contributed by atoms with Crippen molar-refractivity contribution in [1.29, 1.82) is 0 Å². The van der Waals surface area contributed by atoms with Crippen molar-refractivity contribution in [2.24, 2.45) is 10.7 Å². The SMILES string of the molecule is CC1(c2cc(N)cc(Br)c2)COCC(N)=N1. The fourth-order valence-corrected chi connectivity index (χ4v) is 2.32. The largest absolute Gasteiger partial charge is 0.399 e. The molecule has 0 aliphatic carbocycles. The van der Waals surface area contributed by atoms with Gasteiger partial charge in [-0.25, -0.2) is 0 Å². The van der Waals surface area contributed by atoms with E-state index in [1.807, 2.05) is 25.1 Å². The quantitative estimate of drug-likeness (QED) is 0.770. The van der Waals surface area contributed by atoms with Gasteiger partial charge in [0.1, 0.15) is 18.0 Å². The Kier molecular flexibility index (Phi) is 2.90. The fourth-order valence-electron chi connectivity index (χ4n) is 1.81. The first-order valence-corrected chi connectivity index (χ1v) is 5.77. The van der Waals surface area contributed by atoms with E-state index in [-0.39, 0.29) is 0 Å². The molecule has 16 heavy (non-hydrogen) atoms. The van der Waals surface area contributed by atoms with Gasteiger partial charge in [-0.1, -0.05) is 15.9 Å². The summed E-state index contributed by atoms with van der Waals surface area (Å²) < 4.78 is 6.35. The third-order valence-electron chi connectivity index (χ3n) is 2.57. The molecule has 0 saturated carbocycles. The molecule has 1 aliphatic rings. The minimum atomic E-state index is -0.444. The van der Waals surface area contributed by atoms with Crippen molar-refractivity contribution < 1.29 is 4.74 Å². The van der Waals surface area contributed by atoms with Crippen LogP contribution >= 0.6 is 15.9 Å². The topological polar surface area (TPSA) is 73.6 Å². The van der Waals surface area contributed by atoms with Crippen LogP contribution in [0.15, 0.2) is 27.7 Å². The average molecular weight is 284 g/mol. The summed E-state index contributed by atoms with van der Waals surface area (Å²) in [6, 6.07) is 5.74. The van der Waals surface area contributed by atoms with Crippen molar-refractivity contribution >= 4 is 27.5 Å². The highest BCUT2D eigenvalue weighted by atomic mass is 79.9. The molecule has 86 valence electrons. The lowest BCUT2D eigenvalue weighted by atomic mass is 9.92. The van der Waals surface area contributed by atoms with E-state index >= 15 is 0 Å². The summed E-state index contributed by atoms with van der Waals surface area (Å²) in [5.74, 6) is 0.521. The van der Waals surface area contributed by atoms with E-state index in [1.54, 1.807) is 0 Å². The maximum absolute atomic E-state index is 5.81. The first-order valence-electron chi connectivity index (χ1n) is 4.98. The molecule has 5 heteroatoms. The number of benzene rings is 1. The van der Waals surface area contributed by atoms with Crippen LogP contribution in [0.3, 0.4) is 0 Å². The summed E-state index contributed by atoms with van der Waals surface area (Å²) in [6.45, 7) is 2.91. The first-order chi connectivity index (χ1) is 7.49. The number of aliphatic imine (C=N–C) groups is 1. The number of hydrogen-bond acceptors (Lipinski definition) is 4. The smallest absolute Gasteiger partial charge is 0.121 e. The summed E-state index contributed by atoms with van der Waals surface area (Å²) in [5.41, 5.74) is 12.8. The fraction of sp³-hybridized carbons (Fsp3) is 0.364. The predicted molar refractivity (Wildman–Crippen MR) is 68.3 cm³/mol. The highest BCUT2D eigenvalue weighted by Gasteiger charge is 2.30. The third-order valence-corrected chi connectivity index (χ3v) is 3.02. The molecule has 0 fully saturated rings. The summed E-state index contributed by atoms with van der Waals surface area (Å²) in [6.07, 6.45) is 0. The van der Waals surface area contributed by atoms with Crippen LogP contribution in [0.25, 0.3) is 0 Å². The molecule has 1 aliphatic heterocycles. The van der Waals surface area contributed by atoms with Gasteiger partial charge in [0, 0.05) is 10.2 Å². The molecule has 1 unspecified atom stereocenters. The van der Waals surface area contributed by atoms with Gasteiger partial charge in [-0.3, -0.25) is 4.99 Å². The highest BCUT2D eigenvalue weighted by Crippen LogP contribution is 2.31. The maximum Gasteiger partial charge on any atom is 0.121 e. The van der Waals surface area contributed by atoms with Crippen LogP contribution in [0.4, 0.5) is 5.69 Å². The van der Waals surface area contributed by atoms with Gasteiger partial charge in [0.05, 0.1) is 6.61 Å². The standard InChI is InChI=1S/C11H14BrN3O/c1-11(6-16-5-10(14)15-11)7-2-8(12)4-9(13)3-7/h2-4H,5-6,13H2,1H3,(H2,14,15). The van der Waals surface area contributed by atoms with Crippen LogP contribution in [0.1, 0.15) is 12.5 Å². The normalized spacial score (nSPS) is 25.2. The molecule has 0 saturated heterocycles. The first kappa shape index (κ1) is 11.4. The Hall–Kier alpha value is -1.07. The molecule has 1 heterocycles. The lowest BCUT2D eigenvalue weighted by molar-refractivity contribution is 0.106. The van der Waals surface area contributed by atoms with E-state index in [0.29, 0.717) is 24.7 Å². The third kappa shape index (κ3) is 2.20. The second kappa shape index (κ2) is 4.07. The van der Waals surface area contributed by atoms with Crippen LogP contribution in [0, 0.1) is 0 Å². The van der Waals surface area contributed by atoms with Crippen LogP contribution in [-0.2, 0) is 10.3 Å². The number of nitrogens with two attached hydrogens (primary N) is 2. The van der Waals surface area contributed by atoms with Crippen LogP contribution in [-0.4, -0.2) is 19.0 Å². The molecule has 0 amide bonds. The zero-order valence-corrected chi connectivity index (χ0v) is 10.6. The number of nitrogens with zero attached hydrogens (tertiary/aromatic N) is 1. The molecule has 2 rings (SSSR count). The van der Waals surface area contributed by atoms with E-state index in [0.717, 1.165) is 10.0 Å². The van der Waals surface area contributed by atoms with Crippen molar-refractivity contribution in [3.8, 4) is 0 Å². The minimum Gasteiger partial charge on any atom is -0.399 e. The zero-order chi connectivity index (χ0) is 11.8. The predicted octanol–water partition coefficient (Wildman–Crippen LogP) is 1.63. The summed E-state index contributed by atoms with van der Waals surface area (Å²) in [7, 11) is 0. The Morgan fingerprint density at radius 2 is 2.12 bits per heavy atom. The van der Waals surface area contributed by atoms with Crippen molar-refractivity contribution in [3.05, 3.63) is 28.2 Å². The number of halogens is 1. The highest BCUT2D eigenvalue weighted by molar-refractivity contribution is 9.10. The second-order valence-electron chi connectivity index (χ2n) is 4.14. The van der Waals surface area contributed by atoms with E-state index in [9.17, 15) is 0 Å². The van der Waals surface area contributed by atoms with Gasteiger partial charge in [-0.05, 0) is 30.7 Å². The summed E-state index contributed by atoms with van der Waals surface area (Å²) in [4.78, 5) is 4.46. The van der Waals surface area contributed by atoms with Gasteiger partial charge in [-0.2, -0.15) is 0 Å². The van der Waals surface area contributed by atoms with Gasteiger partial charge in [0.25, 0.3) is 0 Å². The molecule has 4 nitrogen and oxygen atoms in total. The van der Waals surface area contributed by atoms with E-state index in [1.165, 1.54) is 0 Å². The number of ether oxygens (including phenoxy) is 1. The molecule has 0 bridgehead atoms. The van der Waals surface area contributed by atoms with E-state index in [4.69, 9.17) is 16.2 Å². The van der Waals surface area contributed by atoms with Gasteiger partial charge in [0.15, 0.2) is 0 Å². The molecule has 4 N–H and O–H groups in total. The number of hydrogen-bond donors (Lipinski definition) is 2. The molecule has 1 aromatic carbocycles. The van der Waals surface area contributed by atoms with Crippen molar-refractivity contribution in [2.75, 3.05) is 18.9 Å². The van der Waals surface area contributed by atoms with Crippen LogP contribution in [0.2, 0.25) is 0 Å². The molecule has 0 spiro atoms. The maximum atomic E-state index is 5.81. The summed E-state index contributed by atoms with van der Waals surface area (Å²) in [5, 5.41) is 0. The van der Waals surface area contributed by atoms with Gasteiger partial charge < -0.3 is 16.2 Å². The van der Waals surface area contributed by atoms with Crippen molar-refractivity contribution in [2.45, 2.75) is 12.5 Å². The number of nitrogen functional groups attached to an aromatic ring is 1. The average Bonchev–Trinajstić information content (AvgIpc) is 2.15. The van der Waals surface area contributed by atoms with Crippen LogP contribution < -0.4 is 11.5 Å². The molecule has 0 radical (unpaired) electrons. The van der Waals surface area contributed by atoms with E-state index in [2.05, 4.69) is 20.9 Å². The number of anilines is 1. The lowest BCUT2D eigenvalue weighted by Crippen LogP contribution is -2.37. The van der Waals surface area contributed by atoms with Crippen molar-refractivity contribution in [3.63, 3.8) is 0 Å².